The molecule has 0 bridgehead atoms. The second kappa shape index (κ2) is 7.44. The van der Waals surface area contributed by atoms with E-state index in [4.69, 9.17) is 0 Å². The van der Waals surface area contributed by atoms with Crippen molar-refractivity contribution in [3.05, 3.63) is 53.1 Å². The molecule has 0 heterocycles. The Balaban J connectivity index is 2.46. The molecule has 0 amide bonds. The van der Waals surface area contributed by atoms with E-state index in [0.29, 0.717) is 18.8 Å². The third-order valence-electron chi connectivity index (χ3n) is 3.78. The van der Waals surface area contributed by atoms with Gasteiger partial charge in [0, 0.05) is 19.2 Å². The molecule has 9 heteroatoms. The highest BCUT2D eigenvalue weighted by molar-refractivity contribution is 7.90. The van der Waals surface area contributed by atoms with Gasteiger partial charge in [0.05, 0.1) is 11.4 Å². The predicted molar refractivity (Wildman–Crippen MR) is 92.6 cm³/mol. The van der Waals surface area contributed by atoms with Gasteiger partial charge in [-0.25, -0.2) is 0 Å². The first-order valence-corrected chi connectivity index (χ1v) is 9.21. The quantitative estimate of drug-likeness (QED) is 0.400. The van der Waals surface area contributed by atoms with E-state index in [2.05, 4.69) is 10.2 Å². The van der Waals surface area contributed by atoms with E-state index in [1.54, 1.807) is 49.1 Å². The summed E-state index contributed by atoms with van der Waals surface area (Å²) in [4.78, 5) is 1.16. The molecule has 1 aliphatic carbocycles. The molecule has 1 aromatic carbocycles. The van der Waals surface area contributed by atoms with Gasteiger partial charge in [-0.3, -0.25) is 4.55 Å². The molecule has 2 rings (SSSR count). The van der Waals surface area contributed by atoms with E-state index in [0.717, 1.165) is 12.2 Å². The number of benzene rings is 1. The van der Waals surface area contributed by atoms with Crippen LogP contribution in [0.1, 0.15) is 13.8 Å². The zero-order valence-electron chi connectivity index (χ0n) is 13.9. The molecular weight excluding hydrogens is 346 g/mol. The molecule has 3 N–H and O–H groups in total. The summed E-state index contributed by atoms with van der Waals surface area (Å²) in [6.45, 7) is 4.40. The van der Waals surface area contributed by atoms with Crippen molar-refractivity contribution in [3.63, 3.8) is 0 Å². The first-order valence-electron chi connectivity index (χ1n) is 7.77. The van der Waals surface area contributed by atoms with Crippen molar-refractivity contribution in [1.82, 2.24) is 4.90 Å². The van der Waals surface area contributed by atoms with Crippen molar-refractivity contribution in [2.45, 2.75) is 25.7 Å². The predicted octanol–water partition coefficient (Wildman–Crippen LogP) is 1.83. The van der Waals surface area contributed by atoms with Gasteiger partial charge in [-0.1, -0.05) is 18.2 Å². The van der Waals surface area contributed by atoms with Crippen LogP contribution >= 0.6 is 0 Å². The minimum atomic E-state index is -4.58. The zero-order valence-corrected chi connectivity index (χ0v) is 14.8. The number of azo groups is 1. The minimum absolute atomic E-state index is 0.0173. The van der Waals surface area contributed by atoms with Crippen LogP contribution < -0.4 is 0 Å². The standard InChI is InChI=1S/C16H21N3O5S/c1-3-19(4-2)13-11-16(20,21)15(10-14(13)25(22,23)24)18-17-12-8-6-5-7-9-12/h5-11,15,20-21H,3-4H2,1-2H3,(H,22,23,24). The summed E-state index contributed by atoms with van der Waals surface area (Å²) in [5.41, 5.74) is 0.488. The first kappa shape index (κ1) is 19.3. The number of hydrogen-bond donors (Lipinski definition) is 3. The molecule has 1 aromatic rings. The smallest absolute Gasteiger partial charge is 0.296 e. The maximum atomic E-state index is 11.7. The number of aliphatic hydroxyl groups is 2. The Hall–Kier alpha value is -2.07. The third kappa shape index (κ3) is 4.51. The lowest BCUT2D eigenvalue weighted by Gasteiger charge is -2.33. The first-order chi connectivity index (χ1) is 11.7. The maximum Gasteiger partial charge on any atom is 0.296 e. The van der Waals surface area contributed by atoms with Crippen molar-refractivity contribution in [2.75, 3.05) is 13.1 Å². The van der Waals surface area contributed by atoms with E-state index in [9.17, 15) is 23.2 Å². The van der Waals surface area contributed by atoms with Gasteiger partial charge in [0.15, 0.2) is 0 Å². The average Bonchev–Trinajstić information content (AvgIpc) is 2.54. The van der Waals surface area contributed by atoms with Crippen LogP contribution in [0.4, 0.5) is 5.69 Å². The van der Waals surface area contributed by atoms with Crippen LogP contribution in [-0.2, 0) is 10.1 Å². The fraction of sp³-hybridized carbons (Fsp3) is 0.375. The Morgan fingerprint density at radius 3 is 2.28 bits per heavy atom. The Morgan fingerprint density at radius 2 is 1.76 bits per heavy atom. The van der Waals surface area contributed by atoms with E-state index in [1.807, 2.05) is 0 Å². The van der Waals surface area contributed by atoms with Crippen LogP contribution in [0, 0.1) is 0 Å². The minimum Gasteiger partial charge on any atom is -0.371 e. The number of nitrogens with zero attached hydrogens (tertiary/aromatic N) is 3. The summed E-state index contributed by atoms with van der Waals surface area (Å²) < 4.78 is 33.0. The van der Waals surface area contributed by atoms with Gasteiger partial charge in [0.1, 0.15) is 10.9 Å². The van der Waals surface area contributed by atoms with E-state index >= 15 is 0 Å². The van der Waals surface area contributed by atoms with Crippen molar-refractivity contribution >= 4 is 15.8 Å². The lowest BCUT2D eigenvalue weighted by molar-refractivity contribution is -0.128. The summed E-state index contributed by atoms with van der Waals surface area (Å²) in [7, 11) is -4.58. The van der Waals surface area contributed by atoms with Crippen molar-refractivity contribution in [1.29, 1.82) is 0 Å². The molecule has 0 fully saturated rings. The number of likely N-dealkylation sites (N-methyl/N-ethyl adjacent to an activating group) is 1. The third-order valence-corrected chi connectivity index (χ3v) is 4.68. The van der Waals surface area contributed by atoms with Gasteiger partial charge in [-0.05, 0) is 32.1 Å². The molecule has 1 aliphatic rings. The summed E-state index contributed by atoms with van der Waals surface area (Å²) in [6.07, 6.45) is 1.97. The zero-order chi connectivity index (χ0) is 18.7. The average molecular weight is 367 g/mol. The van der Waals surface area contributed by atoms with Crippen molar-refractivity contribution < 1.29 is 23.2 Å². The van der Waals surface area contributed by atoms with Crippen LogP contribution in [0.2, 0.25) is 0 Å². The molecule has 0 aromatic heterocycles. The molecule has 1 unspecified atom stereocenters. The monoisotopic (exact) mass is 367 g/mol. The second-order valence-corrected chi connectivity index (χ2v) is 6.88. The van der Waals surface area contributed by atoms with Gasteiger partial charge in [0.2, 0.25) is 5.79 Å². The van der Waals surface area contributed by atoms with Gasteiger partial charge >= 0.3 is 0 Å². The van der Waals surface area contributed by atoms with E-state index < -0.39 is 26.9 Å². The van der Waals surface area contributed by atoms with Crippen LogP contribution in [0.5, 0.6) is 0 Å². The molecule has 136 valence electrons. The molecule has 1 atom stereocenters. The topological polar surface area (TPSA) is 123 Å². The summed E-state index contributed by atoms with van der Waals surface area (Å²) in [5.74, 6) is -2.44. The maximum absolute atomic E-state index is 11.7. The van der Waals surface area contributed by atoms with Gasteiger partial charge in [-0.15, -0.1) is 0 Å². The molecule has 0 spiro atoms. The van der Waals surface area contributed by atoms with Crippen molar-refractivity contribution in [3.8, 4) is 0 Å². The van der Waals surface area contributed by atoms with Gasteiger partial charge in [-0.2, -0.15) is 18.6 Å². The highest BCUT2D eigenvalue weighted by Gasteiger charge is 2.40. The lowest BCUT2D eigenvalue weighted by Crippen LogP contribution is -2.43. The fourth-order valence-corrected chi connectivity index (χ4v) is 3.23. The number of hydrogen-bond acceptors (Lipinski definition) is 7. The van der Waals surface area contributed by atoms with Crippen LogP contribution in [0.25, 0.3) is 0 Å². The largest absolute Gasteiger partial charge is 0.371 e. The highest BCUT2D eigenvalue weighted by Crippen LogP contribution is 2.32. The second-order valence-electron chi connectivity index (χ2n) is 5.49. The van der Waals surface area contributed by atoms with Crippen LogP contribution in [-0.4, -0.2) is 53.0 Å². The van der Waals surface area contributed by atoms with Gasteiger partial charge in [0.25, 0.3) is 10.1 Å². The SMILES string of the molecule is CCN(CC)C1=CC(O)(O)C(N=Nc2ccccc2)C=C1S(=O)(=O)O. The Labute approximate surface area is 146 Å². The van der Waals surface area contributed by atoms with Crippen molar-refractivity contribution in [2.24, 2.45) is 10.2 Å². The molecule has 0 aliphatic heterocycles. The van der Waals surface area contributed by atoms with Gasteiger partial charge < -0.3 is 15.1 Å². The molecule has 0 saturated heterocycles. The fourth-order valence-electron chi connectivity index (χ4n) is 2.48. The van der Waals surface area contributed by atoms with E-state index in [-0.39, 0.29) is 5.70 Å². The molecule has 0 radical (unpaired) electrons. The Morgan fingerprint density at radius 1 is 1.16 bits per heavy atom. The summed E-state index contributed by atoms with van der Waals surface area (Å²) >= 11 is 0. The van der Waals surface area contributed by atoms with Crippen LogP contribution in [0.3, 0.4) is 0 Å². The summed E-state index contributed by atoms with van der Waals surface area (Å²) in [6, 6.07) is 7.19. The lowest BCUT2D eigenvalue weighted by atomic mass is 10.00. The highest BCUT2D eigenvalue weighted by atomic mass is 32.2. The number of rotatable bonds is 6. The normalized spacial score (nSPS) is 20.3. The molecule has 25 heavy (non-hydrogen) atoms. The molecule has 8 nitrogen and oxygen atoms in total. The molecular formula is C16H21N3O5S. The molecule has 0 saturated carbocycles. The van der Waals surface area contributed by atoms with E-state index in [1.165, 1.54) is 0 Å². The van der Waals surface area contributed by atoms with Crippen LogP contribution in [0.15, 0.2) is 63.3 Å². The Kier molecular flexibility index (Phi) is 5.73. The Bertz CT molecular complexity index is 796. The summed E-state index contributed by atoms with van der Waals surface area (Å²) in [5, 5.41) is 28.3.